The van der Waals surface area contributed by atoms with Gasteiger partial charge < -0.3 is 5.11 Å². The molecule has 0 bridgehead atoms. The van der Waals surface area contributed by atoms with Gasteiger partial charge in [-0.25, -0.2) is 13.1 Å². The highest BCUT2D eigenvalue weighted by molar-refractivity contribution is 9.10. The van der Waals surface area contributed by atoms with Crippen LogP contribution in [-0.4, -0.2) is 31.0 Å². The second-order valence-corrected chi connectivity index (χ2v) is 7.35. The molecule has 4 nitrogen and oxygen atoms in total. The topological polar surface area (TPSA) is 66.4 Å². The number of aliphatic hydroxyl groups is 1. The lowest BCUT2D eigenvalue weighted by atomic mass is 10.1. The van der Waals surface area contributed by atoms with Crippen LogP contribution in [0.5, 0.6) is 0 Å². The van der Waals surface area contributed by atoms with Gasteiger partial charge in [0.1, 0.15) is 4.66 Å². The Morgan fingerprint density at radius 1 is 1.41 bits per heavy atom. The highest BCUT2D eigenvalue weighted by atomic mass is 79.9. The molecular formula is C10H14BrNO3S2. The molecule has 1 rings (SSSR count). The Balaban J connectivity index is 2.60. The van der Waals surface area contributed by atoms with Gasteiger partial charge >= 0.3 is 0 Å². The van der Waals surface area contributed by atoms with Gasteiger partial charge in [-0.2, -0.15) is 0 Å². The number of hydrogen-bond donors (Lipinski definition) is 2. The second kappa shape index (κ2) is 6.75. The standard InChI is InChI=1S/C10H14BrNO3S2/c1-16-9-4-2-8(3-5-9)10(13)6-12-17(14,15)7-11/h2-5,10,12-13H,6-7H2,1H3. The first-order chi connectivity index (χ1) is 7.98. The van der Waals surface area contributed by atoms with Gasteiger partial charge in [-0.1, -0.05) is 28.1 Å². The lowest BCUT2D eigenvalue weighted by Gasteiger charge is -2.12. The zero-order valence-electron chi connectivity index (χ0n) is 9.26. The highest BCUT2D eigenvalue weighted by Crippen LogP contribution is 2.18. The van der Waals surface area contributed by atoms with Crippen LogP contribution >= 0.6 is 27.7 Å². The van der Waals surface area contributed by atoms with Crippen molar-refractivity contribution >= 4 is 37.7 Å². The highest BCUT2D eigenvalue weighted by Gasteiger charge is 2.12. The minimum Gasteiger partial charge on any atom is -0.387 e. The average Bonchev–Trinajstić information content (AvgIpc) is 2.36. The Hall–Kier alpha value is -0.0800. The lowest BCUT2D eigenvalue weighted by molar-refractivity contribution is 0.182. The second-order valence-electron chi connectivity index (χ2n) is 3.36. The van der Waals surface area contributed by atoms with Crippen molar-refractivity contribution in [3.8, 4) is 0 Å². The van der Waals surface area contributed by atoms with Crippen LogP contribution in [0.2, 0.25) is 0 Å². The number of thioether (sulfide) groups is 1. The summed E-state index contributed by atoms with van der Waals surface area (Å²) >= 11 is 4.47. The monoisotopic (exact) mass is 339 g/mol. The fourth-order valence-corrected chi connectivity index (χ4v) is 2.57. The van der Waals surface area contributed by atoms with Gasteiger partial charge in [0, 0.05) is 11.4 Å². The molecule has 0 saturated heterocycles. The fraction of sp³-hybridized carbons (Fsp3) is 0.400. The SMILES string of the molecule is CSc1ccc(C(O)CNS(=O)(=O)CBr)cc1. The fourth-order valence-electron chi connectivity index (χ4n) is 1.19. The molecule has 0 heterocycles. The summed E-state index contributed by atoms with van der Waals surface area (Å²) in [4.78, 5) is 1.10. The molecule has 0 aromatic heterocycles. The summed E-state index contributed by atoms with van der Waals surface area (Å²) in [6.45, 7) is -0.0213. The first kappa shape index (κ1) is 15.0. The predicted molar refractivity (Wildman–Crippen MR) is 73.9 cm³/mol. The minimum atomic E-state index is -3.33. The maximum Gasteiger partial charge on any atom is 0.221 e. The van der Waals surface area contributed by atoms with Crippen molar-refractivity contribution in [2.45, 2.75) is 11.0 Å². The molecule has 0 aliphatic heterocycles. The first-order valence-corrected chi connectivity index (χ1v) is 8.83. The number of aliphatic hydroxyl groups excluding tert-OH is 1. The van der Waals surface area contributed by atoms with E-state index in [9.17, 15) is 13.5 Å². The third kappa shape index (κ3) is 4.97. The molecule has 0 radical (unpaired) electrons. The van der Waals surface area contributed by atoms with E-state index in [2.05, 4.69) is 20.7 Å². The smallest absolute Gasteiger partial charge is 0.221 e. The lowest BCUT2D eigenvalue weighted by Crippen LogP contribution is -2.29. The summed E-state index contributed by atoms with van der Waals surface area (Å²) in [5.74, 6) is 0. The largest absolute Gasteiger partial charge is 0.387 e. The van der Waals surface area contributed by atoms with Gasteiger partial charge in [0.05, 0.1) is 6.10 Å². The van der Waals surface area contributed by atoms with Crippen LogP contribution < -0.4 is 4.72 Å². The summed E-state index contributed by atoms with van der Waals surface area (Å²) in [6, 6.07) is 7.36. The molecule has 1 atom stereocenters. The number of hydrogen-bond acceptors (Lipinski definition) is 4. The van der Waals surface area contributed by atoms with Gasteiger partial charge in [0.2, 0.25) is 10.0 Å². The van der Waals surface area contributed by atoms with Gasteiger partial charge in [0.25, 0.3) is 0 Å². The number of alkyl halides is 1. The Morgan fingerprint density at radius 3 is 2.47 bits per heavy atom. The van der Waals surface area contributed by atoms with Crippen LogP contribution in [0.4, 0.5) is 0 Å². The number of benzene rings is 1. The van der Waals surface area contributed by atoms with E-state index < -0.39 is 16.1 Å². The van der Waals surface area contributed by atoms with Crippen LogP contribution in [0.3, 0.4) is 0 Å². The molecule has 0 aliphatic carbocycles. The van der Waals surface area contributed by atoms with E-state index in [4.69, 9.17) is 0 Å². The number of halogens is 1. The zero-order valence-corrected chi connectivity index (χ0v) is 12.5. The number of sulfonamides is 1. The van der Waals surface area contributed by atoms with Crippen LogP contribution in [-0.2, 0) is 10.0 Å². The van der Waals surface area contributed by atoms with Gasteiger partial charge in [0.15, 0.2) is 0 Å². The molecule has 0 spiro atoms. The summed E-state index contributed by atoms with van der Waals surface area (Å²) in [5, 5.41) is 9.79. The number of rotatable bonds is 6. The maximum atomic E-state index is 11.2. The Kier molecular flexibility index (Phi) is 5.94. The maximum absolute atomic E-state index is 11.2. The van der Waals surface area contributed by atoms with E-state index in [1.807, 2.05) is 18.4 Å². The van der Waals surface area contributed by atoms with E-state index in [0.29, 0.717) is 5.56 Å². The average molecular weight is 340 g/mol. The molecule has 0 fully saturated rings. The third-order valence-corrected chi connectivity index (χ3v) is 5.59. The van der Waals surface area contributed by atoms with Crippen molar-refractivity contribution < 1.29 is 13.5 Å². The normalized spacial score (nSPS) is 13.6. The summed E-state index contributed by atoms with van der Waals surface area (Å²) < 4.78 is 24.5. The quantitative estimate of drug-likeness (QED) is 0.611. The van der Waals surface area contributed by atoms with Crippen molar-refractivity contribution in [2.75, 3.05) is 17.5 Å². The van der Waals surface area contributed by atoms with Crippen molar-refractivity contribution in [3.63, 3.8) is 0 Å². The van der Waals surface area contributed by atoms with E-state index in [1.165, 1.54) is 0 Å². The summed E-state index contributed by atoms with van der Waals surface area (Å²) in [5.41, 5.74) is 0.695. The predicted octanol–water partition coefficient (Wildman–Crippen LogP) is 1.71. The van der Waals surface area contributed by atoms with Crippen molar-refractivity contribution in [3.05, 3.63) is 29.8 Å². The van der Waals surface area contributed by atoms with Crippen molar-refractivity contribution in [1.29, 1.82) is 0 Å². The van der Waals surface area contributed by atoms with Gasteiger partial charge in [-0.3, -0.25) is 0 Å². The van der Waals surface area contributed by atoms with Crippen LogP contribution in [0.1, 0.15) is 11.7 Å². The Labute approximate surface area is 114 Å². The van der Waals surface area contributed by atoms with E-state index >= 15 is 0 Å². The van der Waals surface area contributed by atoms with Crippen LogP contribution in [0.15, 0.2) is 29.2 Å². The van der Waals surface area contributed by atoms with Crippen molar-refractivity contribution in [1.82, 2.24) is 4.72 Å². The minimum absolute atomic E-state index is 0.0213. The molecule has 1 aromatic carbocycles. The third-order valence-electron chi connectivity index (χ3n) is 2.14. The molecule has 7 heteroatoms. The summed E-state index contributed by atoms with van der Waals surface area (Å²) in [7, 11) is -3.33. The molecule has 2 N–H and O–H groups in total. The molecule has 0 amide bonds. The van der Waals surface area contributed by atoms with E-state index in [1.54, 1.807) is 23.9 Å². The Morgan fingerprint density at radius 2 is 2.00 bits per heavy atom. The van der Waals surface area contributed by atoms with Crippen LogP contribution in [0, 0.1) is 0 Å². The molecular weight excluding hydrogens is 326 g/mol. The summed E-state index contributed by atoms with van der Waals surface area (Å²) in [6.07, 6.45) is 1.13. The molecule has 1 aromatic rings. The van der Waals surface area contributed by atoms with E-state index in [0.717, 1.165) is 4.90 Å². The van der Waals surface area contributed by atoms with Crippen molar-refractivity contribution in [2.24, 2.45) is 0 Å². The zero-order chi connectivity index (χ0) is 12.9. The molecule has 1 unspecified atom stereocenters. The molecule has 0 aliphatic rings. The Bertz CT molecular complexity index is 447. The van der Waals surface area contributed by atoms with Gasteiger partial charge in [-0.05, 0) is 24.0 Å². The number of nitrogens with one attached hydrogen (secondary N) is 1. The van der Waals surface area contributed by atoms with Crippen LogP contribution in [0.25, 0.3) is 0 Å². The first-order valence-electron chi connectivity index (χ1n) is 4.84. The molecule has 0 saturated carbocycles. The van der Waals surface area contributed by atoms with Gasteiger partial charge in [-0.15, -0.1) is 11.8 Å². The molecule has 96 valence electrons. The molecule has 17 heavy (non-hydrogen) atoms. The van der Waals surface area contributed by atoms with E-state index in [-0.39, 0.29) is 11.2 Å².